The molecular formula is C15H19N5O2. The standard InChI is InChI=1S/C15H19N5O2/c21-14(8-7-13-17-15(22)19-18-13)20-10-4-2-6-12(20)11-5-1-3-9-16-11/h1,3,5,9,12H,2,4,6-8,10H2,(H2,17,18,19,22). The first-order chi connectivity index (χ1) is 10.7. The minimum Gasteiger partial charge on any atom is -0.334 e. The van der Waals surface area contributed by atoms with Crippen LogP contribution in [0.3, 0.4) is 0 Å². The lowest BCUT2D eigenvalue weighted by molar-refractivity contribution is -0.135. The summed E-state index contributed by atoms with van der Waals surface area (Å²) in [6, 6.07) is 5.86. The number of rotatable bonds is 4. The minimum absolute atomic E-state index is 0.0562. The van der Waals surface area contributed by atoms with Gasteiger partial charge in [-0.05, 0) is 31.4 Å². The Bertz CT molecular complexity index is 678. The van der Waals surface area contributed by atoms with Gasteiger partial charge in [-0.3, -0.25) is 14.8 Å². The van der Waals surface area contributed by atoms with Gasteiger partial charge in [0, 0.05) is 25.6 Å². The lowest BCUT2D eigenvalue weighted by Gasteiger charge is -2.35. The van der Waals surface area contributed by atoms with E-state index in [0.717, 1.165) is 31.5 Å². The maximum atomic E-state index is 12.5. The van der Waals surface area contributed by atoms with E-state index >= 15 is 0 Å². The highest BCUT2D eigenvalue weighted by Gasteiger charge is 2.28. The first-order valence-electron chi connectivity index (χ1n) is 7.58. The number of likely N-dealkylation sites (tertiary alicyclic amines) is 1. The molecule has 1 saturated heterocycles. The van der Waals surface area contributed by atoms with Crippen LogP contribution in [-0.4, -0.2) is 37.5 Å². The lowest BCUT2D eigenvalue weighted by atomic mass is 9.98. The molecule has 7 heteroatoms. The number of aromatic amines is 2. The van der Waals surface area contributed by atoms with E-state index in [9.17, 15) is 9.59 Å². The van der Waals surface area contributed by atoms with Gasteiger partial charge in [0.1, 0.15) is 5.82 Å². The monoisotopic (exact) mass is 301 g/mol. The zero-order valence-corrected chi connectivity index (χ0v) is 12.3. The van der Waals surface area contributed by atoms with E-state index in [-0.39, 0.29) is 17.6 Å². The van der Waals surface area contributed by atoms with Crippen molar-refractivity contribution in [2.24, 2.45) is 0 Å². The number of nitrogens with one attached hydrogen (secondary N) is 2. The minimum atomic E-state index is -0.341. The summed E-state index contributed by atoms with van der Waals surface area (Å²) in [5, 5.41) is 6.14. The van der Waals surface area contributed by atoms with E-state index in [1.54, 1.807) is 6.20 Å². The fourth-order valence-corrected chi connectivity index (χ4v) is 2.90. The number of nitrogens with zero attached hydrogens (tertiary/aromatic N) is 3. The second kappa shape index (κ2) is 6.55. The number of carbonyl (C=O) groups excluding carboxylic acids is 1. The van der Waals surface area contributed by atoms with Crippen LogP contribution in [0.15, 0.2) is 29.2 Å². The Kier molecular flexibility index (Phi) is 4.32. The van der Waals surface area contributed by atoms with Crippen LogP contribution in [0.1, 0.15) is 43.2 Å². The van der Waals surface area contributed by atoms with Crippen LogP contribution in [0.2, 0.25) is 0 Å². The van der Waals surface area contributed by atoms with Crippen LogP contribution >= 0.6 is 0 Å². The molecule has 1 unspecified atom stereocenters. The Balaban J connectivity index is 1.67. The number of carbonyl (C=O) groups is 1. The summed E-state index contributed by atoms with van der Waals surface area (Å²) in [6.07, 6.45) is 5.61. The molecule has 2 N–H and O–H groups in total. The van der Waals surface area contributed by atoms with Gasteiger partial charge in [0.05, 0.1) is 11.7 Å². The molecule has 1 amide bonds. The smallest absolute Gasteiger partial charge is 0.334 e. The number of aromatic nitrogens is 4. The van der Waals surface area contributed by atoms with Gasteiger partial charge in [-0.2, -0.15) is 5.10 Å². The van der Waals surface area contributed by atoms with Crippen LogP contribution < -0.4 is 5.69 Å². The number of hydrogen-bond donors (Lipinski definition) is 2. The summed E-state index contributed by atoms with van der Waals surface area (Å²) in [5.41, 5.74) is 0.607. The molecule has 0 aliphatic carbocycles. The predicted molar refractivity (Wildman–Crippen MR) is 80.1 cm³/mol. The normalized spacial score (nSPS) is 18.4. The van der Waals surface area contributed by atoms with Crippen LogP contribution in [0.25, 0.3) is 0 Å². The second-order valence-electron chi connectivity index (χ2n) is 5.48. The molecule has 2 aromatic rings. The average molecular weight is 301 g/mol. The number of piperidine rings is 1. The molecule has 3 heterocycles. The third-order valence-electron chi connectivity index (χ3n) is 3.98. The number of amides is 1. The Hall–Kier alpha value is -2.44. The Morgan fingerprint density at radius 3 is 3.00 bits per heavy atom. The largest absolute Gasteiger partial charge is 0.340 e. The first kappa shape index (κ1) is 14.5. The second-order valence-corrected chi connectivity index (χ2v) is 5.48. The Morgan fingerprint density at radius 1 is 1.36 bits per heavy atom. The molecule has 2 aromatic heterocycles. The summed E-state index contributed by atoms with van der Waals surface area (Å²) in [4.78, 5) is 32.4. The molecule has 22 heavy (non-hydrogen) atoms. The predicted octanol–water partition coefficient (Wildman–Crippen LogP) is 1.18. The molecule has 0 saturated carbocycles. The van der Waals surface area contributed by atoms with Crippen LogP contribution in [0.5, 0.6) is 0 Å². The third kappa shape index (κ3) is 3.24. The quantitative estimate of drug-likeness (QED) is 0.886. The van der Waals surface area contributed by atoms with Crippen molar-refractivity contribution in [3.05, 3.63) is 46.4 Å². The molecule has 1 atom stereocenters. The summed E-state index contributed by atoms with van der Waals surface area (Å²) in [5.74, 6) is 0.601. The van der Waals surface area contributed by atoms with Crippen LogP contribution in [-0.2, 0) is 11.2 Å². The fourth-order valence-electron chi connectivity index (χ4n) is 2.90. The third-order valence-corrected chi connectivity index (χ3v) is 3.98. The van der Waals surface area contributed by atoms with Crippen LogP contribution in [0, 0.1) is 0 Å². The van der Waals surface area contributed by atoms with E-state index in [2.05, 4.69) is 20.2 Å². The molecule has 3 rings (SSSR count). The highest BCUT2D eigenvalue weighted by atomic mass is 16.2. The molecule has 0 bridgehead atoms. The van der Waals surface area contributed by atoms with Gasteiger partial charge >= 0.3 is 5.69 Å². The number of pyridine rings is 1. The zero-order chi connectivity index (χ0) is 15.4. The number of aryl methyl sites for hydroxylation is 1. The van der Waals surface area contributed by atoms with Crippen molar-refractivity contribution in [1.29, 1.82) is 0 Å². The maximum absolute atomic E-state index is 12.5. The van der Waals surface area contributed by atoms with Crippen molar-refractivity contribution >= 4 is 5.91 Å². The van der Waals surface area contributed by atoms with Gasteiger partial charge in [0.25, 0.3) is 0 Å². The van der Waals surface area contributed by atoms with Gasteiger partial charge in [-0.15, -0.1) is 0 Å². The molecule has 1 aliphatic heterocycles. The fraction of sp³-hybridized carbons (Fsp3) is 0.467. The first-order valence-corrected chi connectivity index (χ1v) is 7.58. The SMILES string of the molecule is O=C(CCc1n[nH]c(=O)[nH]1)N1CCCCC1c1ccccn1. The highest BCUT2D eigenvalue weighted by Crippen LogP contribution is 2.30. The Morgan fingerprint density at radius 2 is 2.27 bits per heavy atom. The van der Waals surface area contributed by atoms with Crippen molar-refractivity contribution in [2.45, 2.75) is 38.1 Å². The van der Waals surface area contributed by atoms with Crippen molar-refractivity contribution in [1.82, 2.24) is 25.1 Å². The van der Waals surface area contributed by atoms with E-state index in [1.807, 2.05) is 23.1 Å². The highest BCUT2D eigenvalue weighted by molar-refractivity contribution is 5.77. The van der Waals surface area contributed by atoms with Gasteiger partial charge in [-0.1, -0.05) is 6.07 Å². The number of hydrogen-bond acceptors (Lipinski definition) is 4. The summed E-state index contributed by atoms with van der Waals surface area (Å²) < 4.78 is 0. The van der Waals surface area contributed by atoms with E-state index < -0.39 is 0 Å². The van der Waals surface area contributed by atoms with Crippen molar-refractivity contribution < 1.29 is 4.79 Å². The van der Waals surface area contributed by atoms with Crippen molar-refractivity contribution in [3.63, 3.8) is 0 Å². The molecule has 7 nitrogen and oxygen atoms in total. The topological polar surface area (TPSA) is 94.7 Å². The summed E-state index contributed by atoms with van der Waals surface area (Å²) in [6.45, 7) is 0.761. The average Bonchev–Trinajstić information content (AvgIpc) is 2.99. The maximum Gasteiger partial charge on any atom is 0.340 e. The van der Waals surface area contributed by atoms with Crippen molar-refractivity contribution in [3.8, 4) is 0 Å². The van der Waals surface area contributed by atoms with E-state index in [1.165, 1.54) is 0 Å². The van der Waals surface area contributed by atoms with E-state index in [0.29, 0.717) is 18.7 Å². The molecule has 116 valence electrons. The van der Waals surface area contributed by atoms with Gasteiger partial charge < -0.3 is 4.90 Å². The molecule has 0 aromatic carbocycles. The molecule has 1 aliphatic rings. The molecular weight excluding hydrogens is 282 g/mol. The van der Waals surface area contributed by atoms with Gasteiger partial charge in [0.15, 0.2) is 0 Å². The van der Waals surface area contributed by atoms with Gasteiger partial charge in [0.2, 0.25) is 5.91 Å². The lowest BCUT2D eigenvalue weighted by Crippen LogP contribution is -2.39. The molecule has 1 fully saturated rings. The van der Waals surface area contributed by atoms with Crippen molar-refractivity contribution in [2.75, 3.05) is 6.54 Å². The number of H-pyrrole nitrogens is 2. The Labute approximate surface area is 127 Å². The van der Waals surface area contributed by atoms with Crippen LogP contribution in [0.4, 0.5) is 0 Å². The molecule has 0 spiro atoms. The zero-order valence-electron chi connectivity index (χ0n) is 12.3. The summed E-state index contributed by atoms with van der Waals surface area (Å²) >= 11 is 0. The summed E-state index contributed by atoms with van der Waals surface area (Å²) in [7, 11) is 0. The molecule has 0 radical (unpaired) electrons. The van der Waals surface area contributed by atoms with E-state index in [4.69, 9.17) is 0 Å². The van der Waals surface area contributed by atoms with Gasteiger partial charge in [-0.25, -0.2) is 9.89 Å².